The van der Waals surface area contributed by atoms with Crippen molar-refractivity contribution in [3.05, 3.63) is 35.9 Å². The molecule has 0 radical (unpaired) electrons. The number of hydrogen-bond donors (Lipinski definition) is 3. The summed E-state index contributed by atoms with van der Waals surface area (Å²) in [4.78, 5) is 26.9. The van der Waals surface area contributed by atoms with Gasteiger partial charge in [0, 0.05) is 11.1 Å². The third-order valence-corrected chi connectivity index (χ3v) is 4.42. The minimum Gasteiger partial charge on any atom is -0.388 e. The molecule has 144 valence electrons. The maximum atomic E-state index is 12.9. The van der Waals surface area contributed by atoms with Crippen molar-refractivity contribution < 1.29 is 19.8 Å². The third-order valence-electron chi connectivity index (χ3n) is 4.42. The van der Waals surface area contributed by atoms with Gasteiger partial charge >= 0.3 is 0 Å². The zero-order valence-electron chi connectivity index (χ0n) is 16.2. The second-order valence-electron chi connectivity index (χ2n) is 8.94. The van der Waals surface area contributed by atoms with Gasteiger partial charge in [-0.1, -0.05) is 39.0 Å². The van der Waals surface area contributed by atoms with Crippen LogP contribution in [0.15, 0.2) is 30.3 Å². The molecule has 0 bridgehead atoms. The molecule has 0 aliphatic carbocycles. The molecule has 1 fully saturated rings. The van der Waals surface area contributed by atoms with Gasteiger partial charge in [0.1, 0.15) is 18.2 Å². The highest BCUT2D eigenvalue weighted by Gasteiger charge is 2.47. The van der Waals surface area contributed by atoms with Gasteiger partial charge in [0.25, 0.3) is 5.91 Å². The van der Waals surface area contributed by atoms with Gasteiger partial charge in [-0.25, -0.2) is 0 Å². The number of benzene rings is 1. The van der Waals surface area contributed by atoms with Crippen LogP contribution in [0.3, 0.4) is 0 Å². The van der Waals surface area contributed by atoms with Gasteiger partial charge in [-0.15, -0.1) is 0 Å². The quantitative estimate of drug-likeness (QED) is 0.758. The van der Waals surface area contributed by atoms with Crippen LogP contribution in [0, 0.1) is 5.41 Å². The van der Waals surface area contributed by atoms with Crippen molar-refractivity contribution in [1.82, 2.24) is 10.2 Å². The van der Waals surface area contributed by atoms with Crippen molar-refractivity contribution in [2.75, 3.05) is 6.54 Å². The maximum absolute atomic E-state index is 12.9. The van der Waals surface area contributed by atoms with E-state index in [9.17, 15) is 19.8 Å². The third kappa shape index (κ3) is 4.83. The number of rotatable bonds is 4. The molecule has 1 aliphatic heterocycles. The smallest absolute Gasteiger partial charge is 0.254 e. The molecule has 1 saturated heterocycles. The van der Waals surface area contributed by atoms with Crippen LogP contribution in [0.2, 0.25) is 0 Å². The summed E-state index contributed by atoms with van der Waals surface area (Å²) in [6.07, 6.45) is -1.73. The molecule has 3 atom stereocenters. The molecule has 1 heterocycles. The molecule has 0 aromatic heterocycles. The number of β-amino-alcohol motifs (C(OH)–C–C–N with tert-alkyl or cyclic N) is 1. The maximum Gasteiger partial charge on any atom is 0.254 e. The zero-order valence-corrected chi connectivity index (χ0v) is 16.2. The lowest BCUT2D eigenvalue weighted by atomic mass is 9.81. The number of nitrogens with one attached hydrogen (secondary N) is 1. The summed E-state index contributed by atoms with van der Waals surface area (Å²) in [6, 6.07) is 7.45. The Hall–Kier alpha value is -1.92. The van der Waals surface area contributed by atoms with E-state index in [1.807, 2.05) is 13.8 Å². The van der Waals surface area contributed by atoms with Crippen molar-refractivity contribution in [2.45, 2.75) is 64.8 Å². The summed E-state index contributed by atoms with van der Waals surface area (Å²) in [5.41, 5.74) is -0.0886. The number of carbonyl (C=O) groups excluding carboxylic acids is 2. The highest BCUT2D eigenvalue weighted by atomic mass is 16.3. The lowest BCUT2D eigenvalue weighted by molar-refractivity contribution is -0.129. The highest BCUT2D eigenvalue weighted by molar-refractivity contribution is 5.98. The Bertz CT molecular complexity index is 652. The minimum absolute atomic E-state index is 0.00410. The Balaban J connectivity index is 2.21. The predicted octanol–water partition coefficient (Wildman–Crippen LogP) is 1.56. The van der Waals surface area contributed by atoms with E-state index in [-0.39, 0.29) is 17.9 Å². The van der Waals surface area contributed by atoms with Crippen LogP contribution in [0.4, 0.5) is 0 Å². The van der Waals surface area contributed by atoms with Crippen molar-refractivity contribution in [2.24, 2.45) is 5.41 Å². The van der Waals surface area contributed by atoms with Gasteiger partial charge in [0.2, 0.25) is 5.91 Å². The Morgan fingerprint density at radius 3 is 2.23 bits per heavy atom. The summed E-state index contributed by atoms with van der Waals surface area (Å²) in [6.45, 7) is 10.0. The normalized spacial score (nSPS) is 23.8. The Kier molecular flexibility index (Phi) is 5.78. The van der Waals surface area contributed by atoms with E-state index in [1.54, 1.807) is 30.3 Å². The molecule has 1 aromatic rings. The van der Waals surface area contributed by atoms with E-state index in [0.29, 0.717) is 5.56 Å². The topological polar surface area (TPSA) is 89.9 Å². The summed E-state index contributed by atoms with van der Waals surface area (Å²) in [7, 11) is 0. The molecule has 1 unspecified atom stereocenters. The Morgan fingerprint density at radius 1 is 1.12 bits per heavy atom. The molecular weight excluding hydrogens is 332 g/mol. The number of hydrogen-bond acceptors (Lipinski definition) is 4. The van der Waals surface area contributed by atoms with Crippen molar-refractivity contribution in [3.8, 4) is 0 Å². The van der Waals surface area contributed by atoms with E-state index in [0.717, 1.165) is 6.42 Å². The van der Waals surface area contributed by atoms with Gasteiger partial charge in [-0.3, -0.25) is 9.59 Å². The number of aliphatic hydroxyl groups is 2. The standard InChI is InChI=1S/C20H30N2O4/c1-19(2,3)12-20(4,5)21-17(25)15-16(24)14(23)11-22(15)18(26)13-9-7-6-8-10-13/h6-10,14-16,23-24H,11-12H2,1-5H3,(H,21,25)/t14-,15?,16+/m0/s1. The highest BCUT2D eigenvalue weighted by Crippen LogP contribution is 2.28. The first-order valence-electron chi connectivity index (χ1n) is 8.95. The molecule has 0 spiro atoms. The van der Waals surface area contributed by atoms with Gasteiger partial charge < -0.3 is 20.4 Å². The van der Waals surface area contributed by atoms with Crippen LogP contribution >= 0.6 is 0 Å². The summed E-state index contributed by atoms with van der Waals surface area (Å²) < 4.78 is 0. The Labute approximate surface area is 155 Å². The number of likely N-dealkylation sites (tertiary alicyclic amines) is 1. The van der Waals surface area contributed by atoms with Crippen LogP contribution in [0.1, 0.15) is 51.4 Å². The first-order valence-corrected chi connectivity index (χ1v) is 8.95. The van der Waals surface area contributed by atoms with Crippen LogP contribution in [0.25, 0.3) is 0 Å². The molecule has 1 aliphatic rings. The lowest BCUT2D eigenvalue weighted by Crippen LogP contribution is -2.56. The minimum atomic E-state index is -1.31. The molecular formula is C20H30N2O4. The van der Waals surface area contributed by atoms with Crippen molar-refractivity contribution in [1.29, 1.82) is 0 Å². The van der Waals surface area contributed by atoms with E-state index >= 15 is 0 Å². The van der Waals surface area contributed by atoms with E-state index < -0.39 is 29.7 Å². The number of carbonyl (C=O) groups is 2. The fourth-order valence-corrected chi connectivity index (χ4v) is 3.85. The molecule has 0 saturated carbocycles. The first kappa shape index (κ1) is 20.4. The van der Waals surface area contributed by atoms with E-state index in [2.05, 4.69) is 26.1 Å². The summed E-state index contributed by atoms with van der Waals surface area (Å²) in [5.74, 6) is -0.831. The van der Waals surface area contributed by atoms with Gasteiger partial charge in [-0.2, -0.15) is 0 Å². The number of amides is 2. The lowest BCUT2D eigenvalue weighted by Gasteiger charge is -2.35. The average molecular weight is 362 g/mol. The monoisotopic (exact) mass is 362 g/mol. The fraction of sp³-hybridized carbons (Fsp3) is 0.600. The van der Waals surface area contributed by atoms with E-state index in [1.165, 1.54) is 4.90 Å². The van der Waals surface area contributed by atoms with E-state index in [4.69, 9.17) is 0 Å². The molecule has 1 aromatic carbocycles. The number of aliphatic hydroxyl groups excluding tert-OH is 2. The molecule has 6 heteroatoms. The molecule has 3 N–H and O–H groups in total. The molecule has 2 rings (SSSR count). The van der Waals surface area contributed by atoms with Crippen LogP contribution in [0.5, 0.6) is 0 Å². The fourth-order valence-electron chi connectivity index (χ4n) is 3.85. The predicted molar refractivity (Wildman–Crippen MR) is 99.6 cm³/mol. The second kappa shape index (κ2) is 7.37. The first-order chi connectivity index (χ1) is 11.9. The van der Waals surface area contributed by atoms with Crippen molar-refractivity contribution in [3.63, 3.8) is 0 Å². The van der Waals surface area contributed by atoms with Gasteiger partial charge in [0.15, 0.2) is 0 Å². The van der Waals surface area contributed by atoms with Gasteiger partial charge in [-0.05, 0) is 37.8 Å². The molecule has 2 amide bonds. The number of nitrogens with zero attached hydrogens (tertiary/aromatic N) is 1. The molecule has 26 heavy (non-hydrogen) atoms. The van der Waals surface area contributed by atoms with Crippen LogP contribution < -0.4 is 5.32 Å². The summed E-state index contributed by atoms with van der Waals surface area (Å²) in [5, 5.41) is 23.3. The van der Waals surface area contributed by atoms with Crippen LogP contribution in [-0.4, -0.2) is 57.3 Å². The van der Waals surface area contributed by atoms with Crippen LogP contribution in [-0.2, 0) is 4.79 Å². The Morgan fingerprint density at radius 2 is 1.69 bits per heavy atom. The van der Waals surface area contributed by atoms with Gasteiger partial charge in [0.05, 0.1) is 6.54 Å². The largest absolute Gasteiger partial charge is 0.388 e. The molecule has 6 nitrogen and oxygen atoms in total. The SMILES string of the molecule is CC(C)(C)CC(C)(C)NC(=O)C1[C@H](O)[C@@H](O)CN1C(=O)c1ccccc1. The second-order valence-corrected chi connectivity index (χ2v) is 8.94. The zero-order chi connectivity index (χ0) is 19.7. The van der Waals surface area contributed by atoms with Crippen molar-refractivity contribution >= 4 is 11.8 Å². The summed E-state index contributed by atoms with van der Waals surface area (Å²) >= 11 is 0. The average Bonchev–Trinajstić information content (AvgIpc) is 2.80.